The lowest BCUT2D eigenvalue weighted by Crippen LogP contribution is -2.44. The summed E-state index contributed by atoms with van der Waals surface area (Å²) < 4.78 is 7.27. The summed E-state index contributed by atoms with van der Waals surface area (Å²) in [6.07, 6.45) is 7.05. The third-order valence-electron chi connectivity index (χ3n) is 5.08. The number of rotatable bonds is 3. The number of nitriles is 1. The predicted molar refractivity (Wildman–Crippen MR) is 96.7 cm³/mol. The van der Waals surface area contributed by atoms with Crippen LogP contribution in [0, 0.1) is 17.2 Å². The van der Waals surface area contributed by atoms with Gasteiger partial charge in [-0.05, 0) is 18.8 Å². The van der Waals surface area contributed by atoms with Crippen LogP contribution >= 0.6 is 0 Å². The molecule has 1 atom stereocenters. The van der Waals surface area contributed by atoms with E-state index in [1.807, 2.05) is 0 Å². The van der Waals surface area contributed by atoms with Crippen LogP contribution in [-0.4, -0.2) is 50.3 Å². The van der Waals surface area contributed by atoms with Crippen molar-refractivity contribution in [2.45, 2.75) is 18.9 Å². The normalized spacial score (nSPS) is 20.0. The minimum Gasteiger partial charge on any atom is -0.374 e. The molecule has 136 valence electrons. The number of morpholine rings is 1. The molecule has 1 unspecified atom stereocenters. The molecule has 4 heterocycles. The summed E-state index contributed by atoms with van der Waals surface area (Å²) in [7, 11) is 0. The molecule has 0 aromatic carbocycles. The number of nitrogens with zero attached hydrogens (tertiary/aromatic N) is 6. The van der Waals surface area contributed by atoms with E-state index in [1.54, 1.807) is 12.3 Å². The zero-order valence-electron chi connectivity index (χ0n) is 14.5. The van der Waals surface area contributed by atoms with Crippen LogP contribution in [-0.2, 0) is 4.74 Å². The molecule has 1 saturated carbocycles. The van der Waals surface area contributed by atoms with Crippen LogP contribution in [0.4, 0.5) is 5.95 Å². The van der Waals surface area contributed by atoms with Gasteiger partial charge in [0.05, 0.1) is 24.5 Å². The lowest BCUT2D eigenvalue weighted by Gasteiger charge is -2.33. The third-order valence-corrected chi connectivity index (χ3v) is 5.08. The second-order valence-corrected chi connectivity index (χ2v) is 6.85. The Morgan fingerprint density at radius 3 is 3.04 bits per heavy atom. The van der Waals surface area contributed by atoms with E-state index < -0.39 is 0 Å². The molecule has 0 radical (unpaired) electrons. The fourth-order valence-electron chi connectivity index (χ4n) is 3.56. The van der Waals surface area contributed by atoms with E-state index in [4.69, 9.17) is 4.74 Å². The molecule has 9 nitrogen and oxygen atoms in total. The van der Waals surface area contributed by atoms with Gasteiger partial charge in [0.15, 0.2) is 5.65 Å². The highest BCUT2D eigenvalue weighted by atomic mass is 16.5. The van der Waals surface area contributed by atoms with E-state index in [0.29, 0.717) is 47.6 Å². The maximum absolute atomic E-state index is 12.5. The Hall–Kier alpha value is -3.25. The molecule has 0 spiro atoms. The van der Waals surface area contributed by atoms with Gasteiger partial charge in [0.1, 0.15) is 17.4 Å². The number of aromatic nitrogens is 5. The first-order valence-electron chi connectivity index (χ1n) is 8.94. The van der Waals surface area contributed by atoms with Crippen LogP contribution in [0.1, 0.15) is 18.4 Å². The van der Waals surface area contributed by atoms with Gasteiger partial charge in [-0.25, -0.2) is 9.97 Å². The number of aromatic amines is 1. The molecular weight excluding hydrogens is 346 g/mol. The Morgan fingerprint density at radius 1 is 1.33 bits per heavy atom. The summed E-state index contributed by atoms with van der Waals surface area (Å²) in [5.74, 6) is 1.62. The van der Waals surface area contributed by atoms with Gasteiger partial charge in [-0.2, -0.15) is 10.2 Å². The molecule has 27 heavy (non-hydrogen) atoms. The smallest absolute Gasteiger partial charge is 0.275 e. The maximum Gasteiger partial charge on any atom is 0.275 e. The van der Waals surface area contributed by atoms with Gasteiger partial charge < -0.3 is 14.6 Å². The predicted octanol–water partition coefficient (Wildman–Crippen LogP) is 0.991. The zero-order valence-corrected chi connectivity index (χ0v) is 14.5. The highest BCUT2D eigenvalue weighted by molar-refractivity contribution is 5.80. The highest BCUT2D eigenvalue weighted by Gasteiger charge is 2.35. The second kappa shape index (κ2) is 6.17. The largest absolute Gasteiger partial charge is 0.374 e. The van der Waals surface area contributed by atoms with Crippen molar-refractivity contribution < 1.29 is 4.74 Å². The molecule has 1 aliphatic heterocycles. The molecule has 3 aromatic heterocycles. The average Bonchev–Trinajstić information content (AvgIpc) is 3.48. The summed E-state index contributed by atoms with van der Waals surface area (Å²) in [6, 6.07) is 3.75. The molecule has 0 bridgehead atoms. The minimum atomic E-state index is -0.346. The molecule has 0 amide bonds. The van der Waals surface area contributed by atoms with E-state index in [2.05, 4.69) is 30.9 Å². The van der Waals surface area contributed by atoms with Crippen LogP contribution in [0.25, 0.3) is 17.0 Å². The van der Waals surface area contributed by atoms with Crippen molar-refractivity contribution in [3.05, 3.63) is 40.6 Å². The highest BCUT2D eigenvalue weighted by Crippen LogP contribution is 2.36. The topological polar surface area (TPSA) is 113 Å². The number of hydrogen-bond acceptors (Lipinski definition) is 7. The minimum absolute atomic E-state index is 0.219. The van der Waals surface area contributed by atoms with Crippen LogP contribution < -0.4 is 10.5 Å². The van der Waals surface area contributed by atoms with Crippen LogP contribution in [0.3, 0.4) is 0 Å². The molecule has 1 aliphatic carbocycles. The third kappa shape index (κ3) is 2.74. The molecule has 1 N–H and O–H groups in total. The molecule has 5 rings (SSSR count). The van der Waals surface area contributed by atoms with Crippen LogP contribution in [0.15, 0.2) is 29.5 Å². The monoisotopic (exact) mass is 363 g/mol. The second-order valence-electron chi connectivity index (χ2n) is 6.85. The summed E-state index contributed by atoms with van der Waals surface area (Å²) in [5, 5.41) is 9.36. The van der Waals surface area contributed by atoms with Crippen molar-refractivity contribution >= 4 is 17.1 Å². The Morgan fingerprint density at radius 2 is 2.22 bits per heavy atom. The number of nitrogens with one attached hydrogen (secondary N) is 1. The standard InChI is InChI=1S/C18H17N7O2/c19-7-12-8-21-17-16(12)25(15(26)9-22-17)14-3-4-20-18(23-14)24-5-6-27-13(10-24)11-1-2-11/h3-4,8-9,11,13,21H,1-2,5-6,10H2. The summed E-state index contributed by atoms with van der Waals surface area (Å²) >= 11 is 0. The van der Waals surface area contributed by atoms with E-state index in [9.17, 15) is 10.1 Å². The van der Waals surface area contributed by atoms with Gasteiger partial charge in [0.2, 0.25) is 5.95 Å². The quantitative estimate of drug-likeness (QED) is 0.738. The van der Waals surface area contributed by atoms with Crippen LogP contribution in [0.2, 0.25) is 0 Å². The molecule has 2 fully saturated rings. The molecule has 3 aromatic rings. The number of ether oxygens (including phenoxy) is 1. The van der Waals surface area contributed by atoms with Crippen LogP contribution in [0.5, 0.6) is 0 Å². The van der Waals surface area contributed by atoms with Gasteiger partial charge in [0, 0.05) is 31.5 Å². The lowest BCUT2D eigenvalue weighted by atomic mass is 10.2. The fourth-order valence-corrected chi connectivity index (χ4v) is 3.56. The number of anilines is 1. The van der Waals surface area contributed by atoms with Gasteiger partial charge >= 0.3 is 0 Å². The van der Waals surface area contributed by atoms with Crippen molar-refractivity contribution in [1.29, 1.82) is 5.26 Å². The number of H-pyrrole nitrogens is 1. The van der Waals surface area contributed by atoms with Gasteiger partial charge in [-0.15, -0.1) is 0 Å². The van der Waals surface area contributed by atoms with Crippen molar-refractivity contribution in [2.24, 2.45) is 5.92 Å². The Kier molecular flexibility index (Phi) is 3.65. The average molecular weight is 363 g/mol. The molecule has 1 saturated heterocycles. The lowest BCUT2D eigenvalue weighted by molar-refractivity contribution is 0.0258. The van der Waals surface area contributed by atoms with E-state index in [-0.39, 0.29) is 11.7 Å². The Balaban J connectivity index is 1.57. The number of fused-ring (bicyclic) bond motifs is 1. The van der Waals surface area contributed by atoms with E-state index in [0.717, 1.165) is 6.54 Å². The fraction of sp³-hybridized carbons (Fsp3) is 0.389. The van der Waals surface area contributed by atoms with Crippen molar-refractivity contribution in [3.63, 3.8) is 0 Å². The van der Waals surface area contributed by atoms with Crippen molar-refractivity contribution in [3.8, 4) is 11.9 Å². The first-order chi connectivity index (χ1) is 13.2. The van der Waals surface area contributed by atoms with E-state index in [1.165, 1.54) is 29.8 Å². The number of hydrogen-bond donors (Lipinski definition) is 1. The maximum atomic E-state index is 12.5. The zero-order chi connectivity index (χ0) is 18.4. The van der Waals surface area contributed by atoms with Gasteiger partial charge in [-0.1, -0.05) is 0 Å². The Bertz CT molecular complexity index is 1110. The molecule has 9 heteroatoms. The first kappa shape index (κ1) is 16.0. The first-order valence-corrected chi connectivity index (χ1v) is 8.94. The summed E-state index contributed by atoms with van der Waals surface area (Å²) in [4.78, 5) is 30.6. The van der Waals surface area contributed by atoms with E-state index >= 15 is 0 Å². The molecular formula is C18H17N7O2. The molecule has 2 aliphatic rings. The van der Waals surface area contributed by atoms with Gasteiger partial charge in [0.25, 0.3) is 5.56 Å². The summed E-state index contributed by atoms with van der Waals surface area (Å²) in [5.41, 5.74) is 0.885. The van der Waals surface area contributed by atoms with Crippen molar-refractivity contribution in [2.75, 3.05) is 24.6 Å². The summed E-state index contributed by atoms with van der Waals surface area (Å²) in [6.45, 7) is 2.11. The SMILES string of the molecule is N#Cc1c[nH]c2ncc(=O)n(-c3ccnc(N4CCOC(C5CC5)C4)n3)c12. The Labute approximate surface area is 154 Å². The van der Waals surface area contributed by atoms with Crippen molar-refractivity contribution in [1.82, 2.24) is 24.5 Å². The van der Waals surface area contributed by atoms with Gasteiger partial charge in [-0.3, -0.25) is 9.36 Å².